The zero-order chi connectivity index (χ0) is 33.9. The summed E-state index contributed by atoms with van der Waals surface area (Å²) in [4.78, 5) is 25.3. The lowest BCUT2D eigenvalue weighted by Gasteiger charge is -2.39. The fraction of sp³-hybridized carbons (Fsp3) is 0.350. The number of rotatable bonds is 15. The molecule has 1 aliphatic rings. The van der Waals surface area contributed by atoms with Crippen LogP contribution in [0.4, 0.5) is 0 Å². The topological polar surface area (TPSA) is 108 Å². The van der Waals surface area contributed by atoms with Gasteiger partial charge in [-0.3, -0.25) is 14.5 Å². The van der Waals surface area contributed by atoms with Crippen LogP contribution in [-0.2, 0) is 32.2 Å². The number of nitrogens with one attached hydrogen (secondary N) is 1. The third-order valence-corrected chi connectivity index (χ3v) is 9.00. The Morgan fingerprint density at radius 2 is 1.54 bits per heavy atom. The summed E-state index contributed by atoms with van der Waals surface area (Å²) in [5, 5.41) is 21.3. The highest BCUT2D eigenvalue weighted by Crippen LogP contribution is 2.39. The van der Waals surface area contributed by atoms with Crippen LogP contribution in [0.2, 0.25) is 0 Å². The van der Waals surface area contributed by atoms with Crippen LogP contribution in [0.15, 0.2) is 103 Å². The molecule has 0 spiro atoms. The highest BCUT2D eigenvalue weighted by Gasteiger charge is 2.33. The number of benzene rings is 4. The quantitative estimate of drug-likeness (QED) is 0.116. The number of amides is 1. The number of unbranched alkanes of at least 4 members (excludes halogenated alkanes) is 1. The van der Waals surface area contributed by atoms with Crippen LogP contribution in [0.3, 0.4) is 0 Å². The molecule has 4 aromatic carbocycles. The predicted molar refractivity (Wildman–Crippen MR) is 186 cm³/mol. The molecule has 1 amide bonds. The third-order valence-electron chi connectivity index (χ3n) is 9.00. The second kappa shape index (κ2) is 17.2. The summed E-state index contributed by atoms with van der Waals surface area (Å²) < 4.78 is 13.3. The molecule has 1 saturated heterocycles. The van der Waals surface area contributed by atoms with E-state index in [0.29, 0.717) is 32.2 Å². The number of carboxylic acid groups (broad SMARTS) is 1. The molecule has 0 aromatic heterocycles. The van der Waals surface area contributed by atoms with Gasteiger partial charge in [-0.05, 0) is 72.3 Å². The van der Waals surface area contributed by atoms with Crippen molar-refractivity contribution in [2.24, 2.45) is 0 Å². The maximum Gasteiger partial charge on any atom is 0.303 e. The minimum atomic E-state index is -0.841. The minimum Gasteiger partial charge on any atom is -0.481 e. The molecule has 0 saturated carbocycles. The molecule has 1 heterocycles. The summed E-state index contributed by atoms with van der Waals surface area (Å²) >= 11 is 0. The van der Waals surface area contributed by atoms with Gasteiger partial charge in [0.1, 0.15) is 0 Å². The Morgan fingerprint density at radius 3 is 2.27 bits per heavy atom. The van der Waals surface area contributed by atoms with Crippen molar-refractivity contribution in [1.82, 2.24) is 10.2 Å². The van der Waals surface area contributed by atoms with E-state index in [9.17, 15) is 14.7 Å². The Bertz CT molecular complexity index is 1630. The van der Waals surface area contributed by atoms with E-state index in [1.165, 1.54) is 5.56 Å². The molecule has 1 aliphatic heterocycles. The van der Waals surface area contributed by atoms with Crippen molar-refractivity contribution in [2.75, 3.05) is 13.6 Å². The molecule has 4 aromatic rings. The van der Waals surface area contributed by atoms with Gasteiger partial charge in [0.15, 0.2) is 6.29 Å². The maximum atomic E-state index is 12.3. The minimum absolute atomic E-state index is 0.00268. The highest BCUT2D eigenvalue weighted by atomic mass is 16.7. The fourth-order valence-electron chi connectivity index (χ4n) is 6.07. The fourth-order valence-corrected chi connectivity index (χ4v) is 6.07. The van der Waals surface area contributed by atoms with Gasteiger partial charge in [-0.1, -0.05) is 91.0 Å². The van der Waals surface area contributed by atoms with Gasteiger partial charge in [-0.25, -0.2) is 0 Å². The molecule has 0 aliphatic carbocycles. The molecule has 4 atom stereocenters. The smallest absolute Gasteiger partial charge is 0.303 e. The van der Waals surface area contributed by atoms with E-state index in [4.69, 9.17) is 14.6 Å². The molecule has 8 nitrogen and oxygen atoms in total. The van der Waals surface area contributed by atoms with Crippen molar-refractivity contribution in [2.45, 2.75) is 76.7 Å². The largest absolute Gasteiger partial charge is 0.481 e. The number of aliphatic carboxylic acids is 1. The Hall–Kier alpha value is -4.34. The van der Waals surface area contributed by atoms with Crippen LogP contribution in [0, 0.1) is 0 Å². The van der Waals surface area contributed by atoms with Gasteiger partial charge in [-0.2, -0.15) is 0 Å². The lowest BCUT2D eigenvalue weighted by Crippen LogP contribution is -2.38. The van der Waals surface area contributed by atoms with Crippen molar-refractivity contribution in [3.8, 4) is 11.1 Å². The van der Waals surface area contributed by atoms with E-state index in [0.717, 1.165) is 39.9 Å². The lowest BCUT2D eigenvalue weighted by atomic mass is 9.98. The third kappa shape index (κ3) is 9.84. The molecular formula is C40H46N2O6. The van der Waals surface area contributed by atoms with E-state index >= 15 is 0 Å². The zero-order valence-electron chi connectivity index (χ0n) is 27.8. The Labute approximate surface area is 283 Å². The molecule has 8 heteroatoms. The number of hydrogen-bond acceptors (Lipinski definition) is 6. The normalized spacial score (nSPS) is 18.4. The molecular weight excluding hydrogens is 604 g/mol. The highest BCUT2D eigenvalue weighted by molar-refractivity contribution is 5.76. The summed E-state index contributed by atoms with van der Waals surface area (Å²) in [5.74, 6) is -0.926. The van der Waals surface area contributed by atoms with Crippen molar-refractivity contribution in [1.29, 1.82) is 0 Å². The van der Waals surface area contributed by atoms with Gasteiger partial charge >= 0.3 is 5.97 Å². The van der Waals surface area contributed by atoms with Gasteiger partial charge < -0.3 is 25.0 Å². The first-order valence-corrected chi connectivity index (χ1v) is 16.7. The number of likely N-dealkylation sites (N-methyl/N-ethyl adjacent to an activating group) is 1. The Kier molecular flexibility index (Phi) is 12.5. The standard InChI is InChI=1S/C40H46N2O6/c1-28(31-11-4-3-5-12-31)42(2)26-36-24-37(32-20-18-29(27-43)19-21-32)48-40(47-36)35-15-9-14-34(23-35)33-13-8-10-30(22-33)25-41-38(44)16-6-7-17-39(45)46/h3-5,8-15,18-23,28,36-37,40,43H,6-7,16-17,24-27H2,1-2H3,(H,41,44)(H,45,46)/t28-,36-,37+,40+/m0/s1. The molecule has 1 fully saturated rings. The van der Waals surface area contributed by atoms with Gasteiger partial charge in [0.25, 0.3) is 0 Å². The van der Waals surface area contributed by atoms with E-state index < -0.39 is 12.3 Å². The van der Waals surface area contributed by atoms with Crippen LogP contribution < -0.4 is 5.32 Å². The summed E-state index contributed by atoms with van der Waals surface area (Å²) in [6.45, 7) is 3.34. The monoisotopic (exact) mass is 650 g/mol. The number of ether oxygens (including phenoxy) is 2. The van der Waals surface area contributed by atoms with Crippen LogP contribution in [0.25, 0.3) is 11.1 Å². The molecule has 48 heavy (non-hydrogen) atoms. The molecule has 0 radical (unpaired) electrons. The van der Waals surface area contributed by atoms with Crippen molar-refractivity contribution < 1.29 is 29.3 Å². The number of carbonyl (C=O) groups excluding carboxylic acids is 1. The Balaban J connectivity index is 1.30. The van der Waals surface area contributed by atoms with Crippen molar-refractivity contribution in [3.05, 3.63) is 131 Å². The summed E-state index contributed by atoms with van der Waals surface area (Å²) in [6, 6.07) is 34.9. The van der Waals surface area contributed by atoms with Crippen molar-refractivity contribution in [3.63, 3.8) is 0 Å². The molecule has 252 valence electrons. The van der Waals surface area contributed by atoms with Gasteiger partial charge in [-0.15, -0.1) is 0 Å². The van der Waals surface area contributed by atoms with E-state index in [-0.39, 0.29) is 37.2 Å². The van der Waals surface area contributed by atoms with Gasteiger partial charge in [0, 0.05) is 44.0 Å². The number of carboxylic acids is 1. The number of hydrogen-bond donors (Lipinski definition) is 3. The summed E-state index contributed by atoms with van der Waals surface area (Å²) in [7, 11) is 2.13. The van der Waals surface area contributed by atoms with E-state index in [2.05, 4.69) is 66.7 Å². The summed E-state index contributed by atoms with van der Waals surface area (Å²) in [5.41, 5.74) is 7.10. The number of nitrogens with zero attached hydrogens (tertiary/aromatic N) is 1. The van der Waals surface area contributed by atoms with Crippen molar-refractivity contribution >= 4 is 11.9 Å². The van der Waals surface area contributed by atoms with Crippen LogP contribution in [-0.4, -0.2) is 46.7 Å². The predicted octanol–water partition coefficient (Wildman–Crippen LogP) is 7.35. The first-order valence-electron chi connectivity index (χ1n) is 16.7. The van der Waals surface area contributed by atoms with E-state index in [1.54, 1.807) is 0 Å². The Morgan fingerprint density at radius 1 is 0.833 bits per heavy atom. The maximum absolute atomic E-state index is 12.3. The molecule has 0 bridgehead atoms. The average molecular weight is 651 g/mol. The van der Waals surface area contributed by atoms with Gasteiger partial charge in [0.2, 0.25) is 5.91 Å². The van der Waals surface area contributed by atoms with Crippen LogP contribution in [0.5, 0.6) is 0 Å². The first kappa shape index (κ1) is 35.0. The number of aliphatic hydroxyl groups excluding tert-OH is 1. The number of aliphatic hydroxyl groups is 1. The number of carbonyl (C=O) groups is 2. The second-order valence-corrected chi connectivity index (χ2v) is 12.6. The summed E-state index contributed by atoms with van der Waals surface area (Å²) in [6.07, 6.45) is 1.30. The molecule has 3 N–H and O–H groups in total. The zero-order valence-corrected chi connectivity index (χ0v) is 27.8. The molecule has 5 rings (SSSR count). The average Bonchev–Trinajstić information content (AvgIpc) is 3.12. The van der Waals surface area contributed by atoms with Crippen LogP contribution in [0.1, 0.15) is 85.3 Å². The SMILES string of the molecule is C[C@@H](c1ccccc1)N(C)C[C@@H]1C[C@H](c2ccc(CO)cc2)O[C@H](c2cccc(-c3cccc(CNC(=O)CCCCC(=O)O)c3)c2)O1. The first-order chi connectivity index (χ1) is 23.3. The lowest BCUT2D eigenvalue weighted by molar-refractivity contribution is -0.253. The van der Waals surface area contributed by atoms with Crippen LogP contribution >= 0.6 is 0 Å². The van der Waals surface area contributed by atoms with E-state index in [1.807, 2.05) is 60.7 Å². The van der Waals surface area contributed by atoms with Gasteiger partial charge in [0.05, 0.1) is 18.8 Å². The second-order valence-electron chi connectivity index (χ2n) is 12.6. The molecule has 0 unspecified atom stereocenters.